The predicted octanol–water partition coefficient (Wildman–Crippen LogP) is -0.221. The zero-order valence-electron chi connectivity index (χ0n) is 9.49. The van der Waals surface area contributed by atoms with E-state index in [2.05, 4.69) is 10.6 Å². The van der Waals surface area contributed by atoms with Crippen LogP contribution in [-0.4, -0.2) is 34.5 Å². The lowest BCUT2D eigenvalue weighted by Crippen LogP contribution is -2.58. The van der Waals surface area contributed by atoms with Crippen molar-refractivity contribution in [2.75, 3.05) is 0 Å². The molecule has 94 valence electrons. The zero-order chi connectivity index (χ0) is 12.5. The molecule has 0 aromatic rings. The molecule has 1 aliphatic heterocycles. The van der Waals surface area contributed by atoms with Gasteiger partial charge < -0.3 is 15.7 Å². The highest BCUT2D eigenvalue weighted by atomic mass is 16.4. The van der Waals surface area contributed by atoms with Gasteiger partial charge in [-0.1, -0.05) is 0 Å². The third kappa shape index (κ3) is 2.57. The predicted molar refractivity (Wildman–Crippen MR) is 58.1 cm³/mol. The van der Waals surface area contributed by atoms with Crippen LogP contribution in [0.1, 0.15) is 38.5 Å². The van der Waals surface area contributed by atoms with Gasteiger partial charge in [0.25, 0.3) is 0 Å². The number of carboxylic acids is 1. The number of carboxylic acid groups (broad SMARTS) is 1. The van der Waals surface area contributed by atoms with Gasteiger partial charge in [-0.05, 0) is 25.7 Å². The molecule has 0 bridgehead atoms. The first-order valence-corrected chi connectivity index (χ1v) is 5.84. The average molecular weight is 240 g/mol. The lowest BCUT2D eigenvalue weighted by molar-refractivity contribution is -0.140. The second-order valence-corrected chi connectivity index (χ2v) is 4.85. The average Bonchev–Trinajstić information content (AvgIpc) is 2.60. The second kappa shape index (κ2) is 4.35. The molecule has 2 aliphatic rings. The van der Waals surface area contributed by atoms with Crippen molar-refractivity contribution in [3.8, 4) is 0 Å². The maximum absolute atomic E-state index is 11.9. The van der Waals surface area contributed by atoms with E-state index in [0.29, 0.717) is 25.7 Å². The van der Waals surface area contributed by atoms with Crippen LogP contribution in [0.15, 0.2) is 0 Å². The summed E-state index contributed by atoms with van der Waals surface area (Å²) >= 11 is 0. The Morgan fingerprint density at radius 2 is 2.18 bits per heavy atom. The molecule has 6 heteroatoms. The first-order valence-electron chi connectivity index (χ1n) is 5.84. The Kier molecular flexibility index (Phi) is 3.04. The maximum Gasteiger partial charge on any atom is 0.305 e. The van der Waals surface area contributed by atoms with Crippen LogP contribution in [0.4, 0.5) is 0 Å². The van der Waals surface area contributed by atoms with Gasteiger partial charge in [0.1, 0.15) is 6.04 Å². The summed E-state index contributed by atoms with van der Waals surface area (Å²) < 4.78 is 0. The summed E-state index contributed by atoms with van der Waals surface area (Å²) in [5, 5.41) is 14.2. The summed E-state index contributed by atoms with van der Waals surface area (Å²) in [4.78, 5) is 33.6. The molecule has 2 rings (SSSR count). The Morgan fingerprint density at radius 3 is 2.59 bits per heavy atom. The number of amides is 2. The van der Waals surface area contributed by atoms with E-state index in [1.807, 2.05) is 0 Å². The fraction of sp³-hybridized carbons (Fsp3) is 0.727. The van der Waals surface area contributed by atoms with Gasteiger partial charge in [0, 0.05) is 6.42 Å². The number of nitrogens with one attached hydrogen (secondary N) is 2. The number of rotatable bonds is 4. The highest BCUT2D eigenvalue weighted by molar-refractivity contribution is 5.91. The molecule has 3 N–H and O–H groups in total. The van der Waals surface area contributed by atoms with Gasteiger partial charge in [0.05, 0.1) is 12.0 Å². The van der Waals surface area contributed by atoms with E-state index >= 15 is 0 Å². The standard InChI is InChI=1S/C11H16N2O4/c14-8-3-2-7(12-8)10(17)13-11(4-1-5-11)6-9(15)16/h7H,1-6H2,(H,12,14)(H,13,17)(H,15,16)/t7-/m0/s1. The topological polar surface area (TPSA) is 95.5 Å². The summed E-state index contributed by atoms with van der Waals surface area (Å²) in [6.07, 6.45) is 3.15. The summed E-state index contributed by atoms with van der Waals surface area (Å²) in [5.41, 5.74) is -0.587. The van der Waals surface area contributed by atoms with E-state index in [1.165, 1.54) is 0 Å². The molecular formula is C11H16N2O4. The fourth-order valence-electron chi connectivity index (χ4n) is 2.40. The van der Waals surface area contributed by atoms with Crippen LogP contribution < -0.4 is 10.6 Å². The van der Waals surface area contributed by atoms with E-state index in [9.17, 15) is 14.4 Å². The molecule has 0 spiro atoms. The largest absolute Gasteiger partial charge is 0.481 e. The first kappa shape index (κ1) is 11.9. The summed E-state index contributed by atoms with van der Waals surface area (Å²) in [7, 11) is 0. The highest BCUT2D eigenvalue weighted by Gasteiger charge is 2.42. The Labute approximate surface area is 98.8 Å². The minimum Gasteiger partial charge on any atom is -0.481 e. The van der Waals surface area contributed by atoms with Gasteiger partial charge in [0.2, 0.25) is 11.8 Å². The molecule has 6 nitrogen and oxygen atoms in total. The van der Waals surface area contributed by atoms with Crippen molar-refractivity contribution in [2.24, 2.45) is 0 Å². The van der Waals surface area contributed by atoms with Crippen LogP contribution in [0.5, 0.6) is 0 Å². The molecule has 1 heterocycles. The van der Waals surface area contributed by atoms with E-state index < -0.39 is 17.6 Å². The Morgan fingerprint density at radius 1 is 1.47 bits per heavy atom. The van der Waals surface area contributed by atoms with Gasteiger partial charge in [-0.25, -0.2) is 0 Å². The molecule has 0 aromatic heterocycles. The molecule has 0 unspecified atom stereocenters. The molecule has 1 saturated heterocycles. The number of carbonyl (C=O) groups is 3. The summed E-state index contributed by atoms with van der Waals surface area (Å²) in [5.74, 6) is -1.27. The van der Waals surface area contributed by atoms with Crippen molar-refractivity contribution in [3.63, 3.8) is 0 Å². The molecule has 2 fully saturated rings. The SMILES string of the molecule is O=C(O)CC1(NC(=O)[C@@H]2CCC(=O)N2)CCC1. The van der Waals surface area contributed by atoms with Gasteiger partial charge in [-0.15, -0.1) is 0 Å². The minimum absolute atomic E-state index is 0.0423. The molecule has 1 aliphatic carbocycles. The Balaban J connectivity index is 1.92. The van der Waals surface area contributed by atoms with Gasteiger partial charge in [-0.3, -0.25) is 14.4 Å². The van der Waals surface area contributed by atoms with Crippen LogP contribution >= 0.6 is 0 Å². The zero-order valence-corrected chi connectivity index (χ0v) is 9.49. The lowest BCUT2D eigenvalue weighted by atomic mass is 9.74. The van der Waals surface area contributed by atoms with E-state index in [4.69, 9.17) is 5.11 Å². The smallest absolute Gasteiger partial charge is 0.305 e. The molecule has 1 saturated carbocycles. The van der Waals surface area contributed by atoms with Gasteiger partial charge in [0.15, 0.2) is 0 Å². The number of aliphatic carboxylic acids is 1. The van der Waals surface area contributed by atoms with Crippen LogP contribution in [0.25, 0.3) is 0 Å². The molecule has 2 amide bonds. The molecule has 17 heavy (non-hydrogen) atoms. The van der Waals surface area contributed by atoms with Crippen molar-refractivity contribution < 1.29 is 19.5 Å². The number of hydrogen-bond acceptors (Lipinski definition) is 3. The molecular weight excluding hydrogens is 224 g/mol. The van der Waals surface area contributed by atoms with Crippen LogP contribution in [-0.2, 0) is 14.4 Å². The monoisotopic (exact) mass is 240 g/mol. The van der Waals surface area contributed by atoms with E-state index in [0.717, 1.165) is 6.42 Å². The normalized spacial score (nSPS) is 25.9. The van der Waals surface area contributed by atoms with E-state index in [-0.39, 0.29) is 18.2 Å². The third-order valence-electron chi connectivity index (χ3n) is 3.50. The minimum atomic E-state index is -0.902. The second-order valence-electron chi connectivity index (χ2n) is 4.85. The van der Waals surface area contributed by atoms with Crippen LogP contribution in [0.3, 0.4) is 0 Å². The van der Waals surface area contributed by atoms with Crippen molar-refractivity contribution in [2.45, 2.75) is 50.1 Å². The molecule has 0 aromatic carbocycles. The van der Waals surface area contributed by atoms with Crippen LogP contribution in [0.2, 0.25) is 0 Å². The summed E-state index contributed by atoms with van der Waals surface area (Å²) in [6.45, 7) is 0. The quantitative estimate of drug-likeness (QED) is 0.633. The van der Waals surface area contributed by atoms with E-state index in [1.54, 1.807) is 0 Å². The Bertz CT molecular complexity index is 362. The van der Waals surface area contributed by atoms with Crippen LogP contribution in [0, 0.1) is 0 Å². The number of carbonyl (C=O) groups excluding carboxylic acids is 2. The Hall–Kier alpha value is -1.59. The fourth-order valence-corrected chi connectivity index (χ4v) is 2.40. The maximum atomic E-state index is 11.9. The molecule has 0 radical (unpaired) electrons. The molecule has 1 atom stereocenters. The van der Waals surface area contributed by atoms with Crippen molar-refractivity contribution in [3.05, 3.63) is 0 Å². The number of hydrogen-bond donors (Lipinski definition) is 3. The third-order valence-corrected chi connectivity index (χ3v) is 3.50. The highest BCUT2D eigenvalue weighted by Crippen LogP contribution is 2.35. The van der Waals surface area contributed by atoms with Gasteiger partial charge in [-0.2, -0.15) is 0 Å². The van der Waals surface area contributed by atoms with Crippen molar-refractivity contribution in [1.82, 2.24) is 10.6 Å². The van der Waals surface area contributed by atoms with Gasteiger partial charge >= 0.3 is 5.97 Å². The summed E-state index contributed by atoms with van der Waals surface area (Å²) in [6, 6.07) is -0.492. The van der Waals surface area contributed by atoms with Crippen molar-refractivity contribution in [1.29, 1.82) is 0 Å². The first-order chi connectivity index (χ1) is 8.01. The van der Waals surface area contributed by atoms with Crippen molar-refractivity contribution >= 4 is 17.8 Å². The lowest BCUT2D eigenvalue weighted by Gasteiger charge is -2.42.